The van der Waals surface area contributed by atoms with Crippen molar-refractivity contribution in [2.45, 2.75) is 6.43 Å². The molecule has 7 heteroatoms. The highest BCUT2D eigenvalue weighted by molar-refractivity contribution is 9.10. The highest BCUT2D eigenvalue weighted by Crippen LogP contribution is 2.29. The van der Waals surface area contributed by atoms with Crippen LogP contribution in [0.25, 0.3) is 0 Å². The number of rotatable bonds is 4. The fourth-order valence-corrected chi connectivity index (χ4v) is 1.73. The molecule has 0 aromatic heterocycles. The van der Waals surface area contributed by atoms with Crippen molar-refractivity contribution in [2.24, 2.45) is 5.73 Å². The van der Waals surface area contributed by atoms with Crippen molar-refractivity contribution in [3.05, 3.63) is 39.5 Å². The standard InChI is InChI=1S/C10H8BrF3NO2/c11-4-1-5(7(3-16)9(13)14)8(12)6(2-4)10(15)17/h1-2,9,16H,3H2,(H2,15,17). The summed E-state index contributed by atoms with van der Waals surface area (Å²) in [5.41, 5.74) is 3.88. The van der Waals surface area contributed by atoms with E-state index in [1.54, 1.807) is 0 Å². The van der Waals surface area contributed by atoms with Crippen LogP contribution in [0.3, 0.4) is 0 Å². The van der Waals surface area contributed by atoms with E-state index in [4.69, 9.17) is 10.8 Å². The predicted molar refractivity (Wildman–Crippen MR) is 58.1 cm³/mol. The number of halogens is 4. The minimum atomic E-state index is -3.02. The Morgan fingerprint density at radius 3 is 2.35 bits per heavy atom. The van der Waals surface area contributed by atoms with Gasteiger partial charge >= 0.3 is 0 Å². The van der Waals surface area contributed by atoms with Crippen LogP contribution < -0.4 is 5.73 Å². The van der Waals surface area contributed by atoms with Crippen molar-refractivity contribution in [3.63, 3.8) is 0 Å². The lowest BCUT2D eigenvalue weighted by molar-refractivity contribution is 0.0995. The van der Waals surface area contributed by atoms with E-state index in [0.29, 0.717) is 0 Å². The lowest BCUT2D eigenvalue weighted by Crippen LogP contribution is -2.20. The Morgan fingerprint density at radius 2 is 1.94 bits per heavy atom. The maximum atomic E-state index is 13.7. The third kappa shape index (κ3) is 2.98. The minimum Gasteiger partial charge on any atom is -0.395 e. The second-order valence-corrected chi connectivity index (χ2v) is 4.08. The second-order valence-electron chi connectivity index (χ2n) is 3.16. The third-order valence-electron chi connectivity index (χ3n) is 2.08. The van der Waals surface area contributed by atoms with E-state index in [2.05, 4.69) is 15.9 Å². The number of carbonyl (C=O) groups is 1. The topological polar surface area (TPSA) is 63.3 Å². The zero-order chi connectivity index (χ0) is 13.2. The van der Waals surface area contributed by atoms with Crippen molar-refractivity contribution in [1.29, 1.82) is 0 Å². The molecule has 0 aliphatic heterocycles. The number of aliphatic hydroxyl groups is 1. The zero-order valence-electron chi connectivity index (χ0n) is 8.38. The van der Waals surface area contributed by atoms with Crippen LogP contribution in [0.1, 0.15) is 15.9 Å². The summed E-state index contributed by atoms with van der Waals surface area (Å²) >= 11 is 2.95. The number of aliphatic hydroxyl groups excluding tert-OH is 1. The Hall–Kier alpha value is -1.08. The highest BCUT2D eigenvalue weighted by atomic mass is 79.9. The third-order valence-corrected chi connectivity index (χ3v) is 2.54. The van der Waals surface area contributed by atoms with Crippen molar-refractivity contribution >= 4 is 21.8 Å². The molecule has 0 aliphatic rings. The van der Waals surface area contributed by atoms with Crippen LogP contribution in [0.5, 0.6) is 0 Å². The van der Waals surface area contributed by atoms with Crippen LogP contribution in [0, 0.1) is 11.7 Å². The molecule has 1 aromatic rings. The predicted octanol–water partition coefficient (Wildman–Crippen LogP) is 1.87. The summed E-state index contributed by atoms with van der Waals surface area (Å²) in [6, 6.07) is 2.14. The maximum absolute atomic E-state index is 13.7. The number of alkyl halides is 2. The number of hydrogen-bond acceptors (Lipinski definition) is 2. The summed E-state index contributed by atoms with van der Waals surface area (Å²) in [4.78, 5) is 10.9. The Balaban J connectivity index is 3.37. The Bertz CT molecular complexity index is 440. The van der Waals surface area contributed by atoms with E-state index in [9.17, 15) is 18.0 Å². The second kappa shape index (κ2) is 5.50. The van der Waals surface area contributed by atoms with Gasteiger partial charge in [0, 0.05) is 10.0 Å². The molecule has 0 heterocycles. The van der Waals surface area contributed by atoms with Gasteiger partial charge < -0.3 is 10.8 Å². The van der Waals surface area contributed by atoms with Crippen LogP contribution in [0.4, 0.5) is 13.2 Å². The molecular formula is C10H8BrF3NO2. The van der Waals surface area contributed by atoms with Crippen molar-refractivity contribution < 1.29 is 23.1 Å². The highest BCUT2D eigenvalue weighted by Gasteiger charge is 2.28. The van der Waals surface area contributed by atoms with Gasteiger partial charge in [-0.05, 0) is 12.1 Å². The molecular weight excluding hydrogens is 303 g/mol. The molecule has 0 bridgehead atoms. The van der Waals surface area contributed by atoms with Gasteiger partial charge in [-0.2, -0.15) is 0 Å². The smallest absolute Gasteiger partial charge is 0.251 e. The monoisotopic (exact) mass is 310 g/mol. The summed E-state index contributed by atoms with van der Waals surface area (Å²) in [6.07, 6.45) is -3.02. The quantitative estimate of drug-likeness (QED) is 0.891. The fourth-order valence-electron chi connectivity index (χ4n) is 1.27. The first-order chi connectivity index (χ1) is 7.88. The van der Waals surface area contributed by atoms with E-state index in [0.717, 1.165) is 12.1 Å². The van der Waals surface area contributed by atoms with E-state index in [-0.39, 0.29) is 4.47 Å². The van der Waals surface area contributed by atoms with E-state index < -0.39 is 41.8 Å². The number of nitrogens with two attached hydrogens (primary N) is 1. The molecule has 0 fully saturated rings. The van der Waals surface area contributed by atoms with Gasteiger partial charge in [0.1, 0.15) is 5.82 Å². The molecule has 1 amide bonds. The van der Waals surface area contributed by atoms with Gasteiger partial charge in [0.2, 0.25) is 0 Å². The first kappa shape index (κ1) is 14.0. The minimum absolute atomic E-state index is 0.217. The molecule has 0 saturated heterocycles. The Kier molecular flexibility index (Phi) is 4.53. The van der Waals surface area contributed by atoms with Crippen molar-refractivity contribution in [2.75, 3.05) is 6.61 Å². The molecule has 3 nitrogen and oxygen atoms in total. The van der Waals surface area contributed by atoms with E-state index in [1.807, 2.05) is 0 Å². The Labute approximate surface area is 104 Å². The van der Waals surface area contributed by atoms with Crippen molar-refractivity contribution in [1.82, 2.24) is 0 Å². The van der Waals surface area contributed by atoms with Gasteiger partial charge in [-0.15, -0.1) is 0 Å². The fraction of sp³-hybridized carbons (Fsp3) is 0.200. The summed E-state index contributed by atoms with van der Waals surface area (Å²) in [5, 5.41) is 8.78. The molecule has 1 radical (unpaired) electrons. The molecule has 0 spiro atoms. The van der Waals surface area contributed by atoms with Crippen LogP contribution >= 0.6 is 15.9 Å². The summed E-state index contributed by atoms with van der Waals surface area (Å²) in [5.74, 6) is -3.03. The lowest BCUT2D eigenvalue weighted by Gasteiger charge is -2.15. The molecule has 0 saturated carbocycles. The molecule has 3 N–H and O–H groups in total. The average Bonchev–Trinajstić information content (AvgIpc) is 2.22. The summed E-state index contributed by atoms with van der Waals surface area (Å²) < 4.78 is 39.0. The number of carbonyl (C=O) groups excluding carboxylic acids is 1. The largest absolute Gasteiger partial charge is 0.395 e. The van der Waals surface area contributed by atoms with Gasteiger partial charge in [-0.3, -0.25) is 4.79 Å². The van der Waals surface area contributed by atoms with Crippen LogP contribution in [0.2, 0.25) is 0 Å². The average molecular weight is 311 g/mol. The Morgan fingerprint density at radius 1 is 1.41 bits per heavy atom. The summed E-state index contributed by atoms with van der Waals surface area (Å²) in [7, 11) is 0. The van der Waals surface area contributed by atoms with E-state index >= 15 is 0 Å². The normalized spacial score (nSPS) is 11.2. The lowest BCUT2D eigenvalue weighted by atomic mass is 9.97. The van der Waals surface area contributed by atoms with Gasteiger partial charge in [0.15, 0.2) is 0 Å². The summed E-state index contributed by atoms with van der Waals surface area (Å²) in [6.45, 7) is -1.01. The first-order valence-electron chi connectivity index (χ1n) is 4.42. The van der Waals surface area contributed by atoms with E-state index in [1.165, 1.54) is 0 Å². The molecule has 1 aromatic carbocycles. The molecule has 0 aliphatic carbocycles. The molecule has 0 unspecified atom stereocenters. The molecule has 17 heavy (non-hydrogen) atoms. The number of benzene rings is 1. The zero-order valence-corrected chi connectivity index (χ0v) is 9.97. The maximum Gasteiger partial charge on any atom is 0.251 e. The SMILES string of the molecule is NC(=O)c1cc(Br)cc([C](CO)C(F)F)c1F. The first-order valence-corrected chi connectivity index (χ1v) is 5.21. The van der Waals surface area contributed by atoms with Crippen LogP contribution in [-0.4, -0.2) is 24.0 Å². The van der Waals surface area contributed by atoms with Crippen LogP contribution in [0.15, 0.2) is 16.6 Å². The van der Waals surface area contributed by atoms with Gasteiger partial charge in [0.25, 0.3) is 12.3 Å². The van der Waals surface area contributed by atoms with Gasteiger partial charge in [0.05, 0.1) is 18.1 Å². The molecule has 93 valence electrons. The van der Waals surface area contributed by atoms with Crippen LogP contribution in [-0.2, 0) is 0 Å². The van der Waals surface area contributed by atoms with Gasteiger partial charge in [-0.25, -0.2) is 13.2 Å². The number of primary amides is 1. The molecule has 1 rings (SSSR count). The number of amides is 1. The van der Waals surface area contributed by atoms with Gasteiger partial charge in [-0.1, -0.05) is 15.9 Å². The molecule has 0 atom stereocenters. The van der Waals surface area contributed by atoms with Crippen molar-refractivity contribution in [3.8, 4) is 0 Å². The number of hydrogen-bond donors (Lipinski definition) is 2.